The zero-order chi connectivity index (χ0) is 15.2. The summed E-state index contributed by atoms with van der Waals surface area (Å²) in [4.78, 5) is 2.48. The minimum Gasteiger partial charge on any atom is -0.496 e. The number of aromatic nitrogens is 2. The molecule has 1 aliphatic heterocycles. The van der Waals surface area contributed by atoms with Gasteiger partial charge in [-0.2, -0.15) is 5.10 Å². The molecule has 5 heteroatoms. The minimum atomic E-state index is 0.477. The van der Waals surface area contributed by atoms with Crippen LogP contribution in [-0.4, -0.2) is 41.3 Å². The first-order valence-electron chi connectivity index (χ1n) is 7.73. The average Bonchev–Trinajstić information content (AvgIpc) is 2.58. The second kappa shape index (κ2) is 7.22. The van der Waals surface area contributed by atoms with Crippen molar-refractivity contribution in [2.45, 2.75) is 25.4 Å². The number of rotatable bonds is 5. The summed E-state index contributed by atoms with van der Waals surface area (Å²) in [6, 6.07) is 12.6. The maximum absolute atomic E-state index is 5.43. The zero-order valence-corrected chi connectivity index (χ0v) is 12.9. The fourth-order valence-corrected chi connectivity index (χ4v) is 2.90. The third-order valence-corrected chi connectivity index (χ3v) is 4.10. The number of hydrogen-bond acceptors (Lipinski definition) is 5. The van der Waals surface area contributed by atoms with Crippen molar-refractivity contribution in [1.82, 2.24) is 15.1 Å². The quantitative estimate of drug-likeness (QED) is 0.919. The molecule has 1 N–H and O–H groups in total. The Balaban J connectivity index is 1.51. The van der Waals surface area contributed by atoms with Gasteiger partial charge in [0.1, 0.15) is 11.6 Å². The van der Waals surface area contributed by atoms with Gasteiger partial charge in [-0.3, -0.25) is 4.90 Å². The highest BCUT2D eigenvalue weighted by atomic mass is 16.5. The van der Waals surface area contributed by atoms with Crippen LogP contribution in [0.5, 0.6) is 5.75 Å². The molecule has 116 valence electrons. The predicted octanol–water partition coefficient (Wildman–Crippen LogP) is 2.56. The van der Waals surface area contributed by atoms with Crippen LogP contribution in [0.15, 0.2) is 42.6 Å². The van der Waals surface area contributed by atoms with Gasteiger partial charge in [0, 0.05) is 37.4 Å². The topological polar surface area (TPSA) is 50.3 Å². The monoisotopic (exact) mass is 298 g/mol. The lowest BCUT2D eigenvalue weighted by Gasteiger charge is -2.32. The van der Waals surface area contributed by atoms with E-state index in [4.69, 9.17) is 4.74 Å². The maximum atomic E-state index is 5.43. The van der Waals surface area contributed by atoms with Crippen LogP contribution in [0.4, 0.5) is 5.82 Å². The molecule has 2 aromatic rings. The highest BCUT2D eigenvalue weighted by Gasteiger charge is 2.20. The number of hydrogen-bond donors (Lipinski definition) is 1. The van der Waals surface area contributed by atoms with Gasteiger partial charge < -0.3 is 10.1 Å². The summed E-state index contributed by atoms with van der Waals surface area (Å²) in [5.74, 6) is 1.84. The number of nitrogens with zero attached hydrogens (tertiary/aromatic N) is 3. The highest BCUT2D eigenvalue weighted by Crippen LogP contribution is 2.22. The van der Waals surface area contributed by atoms with Gasteiger partial charge >= 0.3 is 0 Å². The fourth-order valence-electron chi connectivity index (χ4n) is 2.90. The molecule has 1 aromatic carbocycles. The molecule has 1 aromatic heterocycles. The first-order valence-corrected chi connectivity index (χ1v) is 7.73. The van der Waals surface area contributed by atoms with Gasteiger partial charge in [0.25, 0.3) is 0 Å². The van der Waals surface area contributed by atoms with E-state index in [1.807, 2.05) is 24.3 Å². The molecule has 0 spiro atoms. The number of nitrogens with one attached hydrogen (secondary N) is 1. The Labute approximate surface area is 131 Å². The number of methoxy groups -OCH3 is 1. The van der Waals surface area contributed by atoms with Crippen molar-refractivity contribution in [3.05, 3.63) is 48.2 Å². The number of anilines is 1. The Morgan fingerprint density at radius 1 is 1.18 bits per heavy atom. The van der Waals surface area contributed by atoms with Crippen molar-refractivity contribution >= 4 is 5.82 Å². The van der Waals surface area contributed by atoms with Crippen molar-refractivity contribution in [2.75, 3.05) is 25.5 Å². The Morgan fingerprint density at radius 3 is 2.73 bits per heavy atom. The van der Waals surface area contributed by atoms with E-state index in [-0.39, 0.29) is 0 Å². The van der Waals surface area contributed by atoms with Crippen LogP contribution >= 0.6 is 0 Å². The number of ether oxygens (including phenoxy) is 1. The summed E-state index contributed by atoms with van der Waals surface area (Å²) in [5, 5.41) is 11.5. The first kappa shape index (κ1) is 14.8. The van der Waals surface area contributed by atoms with Gasteiger partial charge in [-0.05, 0) is 31.0 Å². The second-order valence-corrected chi connectivity index (χ2v) is 5.62. The molecule has 2 heterocycles. The Kier molecular flexibility index (Phi) is 4.85. The second-order valence-electron chi connectivity index (χ2n) is 5.62. The van der Waals surface area contributed by atoms with Crippen LogP contribution in [0, 0.1) is 0 Å². The van der Waals surface area contributed by atoms with E-state index in [0.29, 0.717) is 6.04 Å². The van der Waals surface area contributed by atoms with Gasteiger partial charge in [-0.1, -0.05) is 18.2 Å². The molecule has 0 saturated carbocycles. The van der Waals surface area contributed by atoms with Gasteiger partial charge in [0.15, 0.2) is 0 Å². The van der Waals surface area contributed by atoms with Gasteiger partial charge in [-0.25, -0.2) is 0 Å². The van der Waals surface area contributed by atoms with Gasteiger partial charge in [0.2, 0.25) is 0 Å². The SMILES string of the molecule is COc1ccccc1CN1CCC(Nc2cccnn2)CC1. The smallest absolute Gasteiger partial charge is 0.148 e. The molecule has 0 amide bonds. The summed E-state index contributed by atoms with van der Waals surface area (Å²) in [7, 11) is 1.73. The van der Waals surface area contributed by atoms with Crippen LogP contribution in [0.2, 0.25) is 0 Å². The van der Waals surface area contributed by atoms with Crippen molar-refractivity contribution in [3.63, 3.8) is 0 Å². The predicted molar refractivity (Wildman–Crippen MR) is 86.9 cm³/mol. The lowest BCUT2D eigenvalue weighted by atomic mass is 10.0. The van der Waals surface area contributed by atoms with E-state index in [1.165, 1.54) is 5.56 Å². The van der Waals surface area contributed by atoms with E-state index in [1.54, 1.807) is 13.3 Å². The zero-order valence-electron chi connectivity index (χ0n) is 12.9. The number of likely N-dealkylation sites (tertiary alicyclic amines) is 1. The fraction of sp³-hybridized carbons (Fsp3) is 0.412. The van der Waals surface area contributed by atoms with Crippen LogP contribution in [0.25, 0.3) is 0 Å². The van der Waals surface area contributed by atoms with Gasteiger partial charge in [-0.15, -0.1) is 5.10 Å². The van der Waals surface area contributed by atoms with E-state index in [0.717, 1.165) is 44.0 Å². The molecule has 0 unspecified atom stereocenters. The summed E-state index contributed by atoms with van der Waals surface area (Å²) in [5.41, 5.74) is 1.25. The Bertz CT molecular complexity index is 582. The molecular weight excluding hydrogens is 276 g/mol. The maximum Gasteiger partial charge on any atom is 0.148 e. The summed E-state index contributed by atoms with van der Waals surface area (Å²) >= 11 is 0. The molecule has 0 radical (unpaired) electrons. The normalized spacial score (nSPS) is 16.4. The van der Waals surface area contributed by atoms with E-state index in [9.17, 15) is 0 Å². The van der Waals surface area contributed by atoms with E-state index >= 15 is 0 Å². The molecule has 1 fully saturated rings. The van der Waals surface area contributed by atoms with Crippen LogP contribution in [-0.2, 0) is 6.54 Å². The van der Waals surface area contributed by atoms with Gasteiger partial charge in [0.05, 0.1) is 7.11 Å². The Morgan fingerprint density at radius 2 is 2.00 bits per heavy atom. The summed E-state index contributed by atoms with van der Waals surface area (Å²) in [6.45, 7) is 3.10. The lowest BCUT2D eigenvalue weighted by molar-refractivity contribution is 0.208. The summed E-state index contributed by atoms with van der Waals surface area (Å²) in [6.07, 6.45) is 3.93. The molecule has 1 saturated heterocycles. The molecule has 22 heavy (non-hydrogen) atoms. The third kappa shape index (κ3) is 3.74. The first-order chi connectivity index (χ1) is 10.8. The van der Waals surface area contributed by atoms with Crippen LogP contribution in [0.3, 0.4) is 0 Å². The molecule has 3 rings (SSSR count). The van der Waals surface area contributed by atoms with Crippen LogP contribution in [0.1, 0.15) is 18.4 Å². The standard InChI is InChI=1S/C17H22N4O/c1-22-16-6-3-2-5-14(16)13-21-11-8-15(9-12-21)19-17-7-4-10-18-20-17/h2-7,10,15H,8-9,11-13H2,1H3,(H,19,20). The molecule has 0 bridgehead atoms. The number of piperidine rings is 1. The average molecular weight is 298 g/mol. The Hall–Kier alpha value is -2.14. The van der Waals surface area contributed by atoms with Crippen molar-refractivity contribution < 1.29 is 4.74 Å². The molecule has 0 atom stereocenters. The largest absolute Gasteiger partial charge is 0.496 e. The minimum absolute atomic E-state index is 0.477. The highest BCUT2D eigenvalue weighted by molar-refractivity contribution is 5.34. The number of para-hydroxylation sites is 1. The lowest BCUT2D eigenvalue weighted by Crippen LogP contribution is -2.38. The molecule has 5 nitrogen and oxygen atoms in total. The summed E-state index contributed by atoms with van der Waals surface area (Å²) < 4.78 is 5.43. The van der Waals surface area contributed by atoms with E-state index < -0.39 is 0 Å². The third-order valence-electron chi connectivity index (χ3n) is 4.10. The van der Waals surface area contributed by atoms with Crippen molar-refractivity contribution in [2.24, 2.45) is 0 Å². The van der Waals surface area contributed by atoms with E-state index in [2.05, 4.69) is 32.5 Å². The van der Waals surface area contributed by atoms with Crippen molar-refractivity contribution in [3.8, 4) is 5.75 Å². The molecule has 0 aliphatic carbocycles. The molecule has 1 aliphatic rings. The molecular formula is C17H22N4O. The van der Waals surface area contributed by atoms with Crippen LogP contribution < -0.4 is 10.1 Å². The van der Waals surface area contributed by atoms with Crippen molar-refractivity contribution in [1.29, 1.82) is 0 Å². The number of benzene rings is 1.